The van der Waals surface area contributed by atoms with Crippen molar-refractivity contribution in [1.82, 2.24) is 15.2 Å². The van der Waals surface area contributed by atoms with Gasteiger partial charge >= 0.3 is 0 Å². The van der Waals surface area contributed by atoms with Crippen molar-refractivity contribution in [2.75, 3.05) is 18.0 Å². The van der Waals surface area contributed by atoms with Gasteiger partial charge in [0.1, 0.15) is 0 Å². The molecular weight excluding hydrogens is 298 g/mol. The number of anilines is 1. The Kier molecular flexibility index (Phi) is 3.09. The monoisotopic (exact) mass is 311 g/mol. The summed E-state index contributed by atoms with van der Waals surface area (Å²) < 4.78 is 5.84. The van der Waals surface area contributed by atoms with E-state index in [2.05, 4.69) is 36.0 Å². The van der Waals surface area contributed by atoms with E-state index in [1.807, 2.05) is 6.07 Å². The number of rotatable bonds is 2. The van der Waals surface area contributed by atoms with Crippen molar-refractivity contribution in [3.63, 3.8) is 0 Å². The Morgan fingerprint density at radius 1 is 1.44 bits per heavy atom. The zero-order valence-electron chi connectivity index (χ0n) is 9.77. The van der Waals surface area contributed by atoms with Gasteiger partial charge in [0, 0.05) is 19.1 Å². The van der Waals surface area contributed by atoms with Gasteiger partial charge in [-0.2, -0.15) is 4.98 Å². The number of nitrogens with two attached hydrogens (primary N) is 1. The number of furan rings is 1. The second-order valence-corrected chi connectivity index (χ2v) is 5.14. The fourth-order valence-corrected chi connectivity index (χ4v) is 2.50. The average Bonchev–Trinajstić information content (AvgIpc) is 2.98. The first kappa shape index (κ1) is 11.7. The molecule has 1 aliphatic rings. The van der Waals surface area contributed by atoms with Crippen molar-refractivity contribution in [1.29, 1.82) is 0 Å². The summed E-state index contributed by atoms with van der Waals surface area (Å²) in [4.78, 5) is 6.64. The van der Waals surface area contributed by atoms with E-state index >= 15 is 0 Å². The molecular formula is C11H14BrN5O. The van der Waals surface area contributed by atoms with Crippen LogP contribution in [0.3, 0.4) is 0 Å². The predicted octanol–water partition coefficient (Wildman–Crippen LogP) is 1.75. The first-order valence-corrected chi connectivity index (χ1v) is 6.69. The highest BCUT2D eigenvalue weighted by Crippen LogP contribution is 2.27. The smallest absolute Gasteiger partial charge is 0.245 e. The van der Waals surface area contributed by atoms with Gasteiger partial charge in [0.05, 0.1) is 11.8 Å². The SMILES string of the molecule is NC1CCN(c2n[nH]c(-c3ccoc3Br)n2)CC1. The highest BCUT2D eigenvalue weighted by atomic mass is 79.9. The van der Waals surface area contributed by atoms with E-state index in [9.17, 15) is 0 Å². The normalized spacial score (nSPS) is 17.3. The Morgan fingerprint density at radius 3 is 2.89 bits per heavy atom. The third-order valence-corrected chi connectivity index (χ3v) is 3.78. The van der Waals surface area contributed by atoms with E-state index in [0.29, 0.717) is 16.5 Å². The average molecular weight is 312 g/mol. The van der Waals surface area contributed by atoms with Gasteiger partial charge in [-0.3, -0.25) is 5.10 Å². The van der Waals surface area contributed by atoms with Crippen LogP contribution in [0.4, 0.5) is 5.95 Å². The number of hydrogen-bond acceptors (Lipinski definition) is 5. The summed E-state index contributed by atoms with van der Waals surface area (Å²) in [6.45, 7) is 1.82. The van der Waals surface area contributed by atoms with Gasteiger partial charge in [-0.1, -0.05) is 0 Å². The summed E-state index contributed by atoms with van der Waals surface area (Å²) in [5, 5.41) is 7.18. The second kappa shape index (κ2) is 4.74. The molecule has 1 aliphatic heterocycles. The number of hydrogen-bond donors (Lipinski definition) is 2. The maximum atomic E-state index is 5.88. The van der Waals surface area contributed by atoms with Crippen molar-refractivity contribution in [2.24, 2.45) is 5.73 Å². The van der Waals surface area contributed by atoms with Crippen molar-refractivity contribution in [3.05, 3.63) is 17.0 Å². The molecule has 2 aromatic rings. The van der Waals surface area contributed by atoms with Gasteiger partial charge in [0.15, 0.2) is 10.5 Å². The van der Waals surface area contributed by atoms with E-state index in [4.69, 9.17) is 10.2 Å². The van der Waals surface area contributed by atoms with Crippen LogP contribution < -0.4 is 10.6 Å². The van der Waals surface area contributed by atoms with Gasteiger partial charge in [-0.25, -0.2) is 0 Å². The number of nitrogens with zero attached hydrogens (tertiary/aromatic N) is 3. The second-order valence-electron chi connectivity index (χ2n) is 4.42. The lowest BCUT2D eigenvalue weighted by atomic mass is 10.1. The minimum Gasteiger partial charge on any atom is -0.457 e. The standard InChI is InChI=1S/C11H14BrN5O/c12-9-8(3-6-18-9)10-14-11(16-15-10)17-4-1-7(13)2-5-17/h3,6-7H,1-2,4-5,13H2,(H,14,15,16). The summed E-state index contributed by atoms with van der Waals surface area (Å²) >= 11 is 3.33. The van der Waals surface area contributed by atoms with E-state index in [1.165, 1.54) is 0 Å². The zero-order valence-corrected chi connectivity index (χ0v) is 11.4. The number of aromatic nitrogens is 3. The van der Waals surface area contributed by atoms with Crippen LogP contribution in [0, 0.1) is 0 Å². The molecule has 1 fully saturated rings. The molecule has 0 unspecified atom stereocenters. The van der Waals surface area contributed by atoms with Crippen LogP contribution in [0.2, 0.25) is 0 Å². The Hall–Kier alpha value is -1.34. The van der Waals surface area contributed by atoms with Gasteiger partial charge in [0.25, 0.3) is 0 Å². The van der Waals surface area contributed by atoms with Crippen molar-refractivity contribution < 1.29 is 4.42 Å². The highest BCUT2D eigenvalue weighted by molar-refractivity contribution is 9.10. The molecule has 96 valence electrons. The lowest BCUT2D eigenvalue weighted by Gasteiger charge is -2.28. The lowest BCUT2D eigenvalue weighted by molar-refractivity contribution is 0.496. The van der Waals surface area contributed by atoms with E-state index < -0.39 is 0 Å². The highest BCUT2D eigenvalue weighted by Gasteiger charge is 2.20. The molecule has 2 aromatic heterocycles. The van der Waals surface area contributed by atoms with E-state index in [1.54, 1.807) is 6.26 Å². The summed E-state index contributed by atoms with van der Waals surface area (Å²) in [5.41, 5.74) is 6.76. The Morgan fingerprint density at radius 2 is 2.22 bits per heavy atom. The first-order chi connectivity index (χ1) is 8.74. The van der Waals surface area contributed by atoms with Crippen molar-refractivity contribution in [3.8, 4) is 11.4 Å². The largest absolute Gasteiger partial charge is 0.457 e. The molecule has 18 heavy (non-hydrogen) atoms. The Labute approximate surface area is 113 Å². The third kappa shape index (κ3) is 2.15. The van der Waals surface area contributed by atoms with E-state index in [0.717, 1.165) is 37.4 Å². The molecule has 1 saturated heterocycles. The fraction of sp³-hybridized carbons (Fsp3) is 0.455. The van der Waals surface area contributed by atoms with Crippen LogP contribution in [-0.4, -0.2) is 34.3 Å². The van der Waals surface area contributed by atoms with Crippen LogP contribution in [0.1, 0.15) is 12.8 Å². The summed E-state index contributed by atoms with van der Waals surface area (Å²) in [6.07, 6.45) is 3.58. The molecule has 7 heteroatoms. The molecule has 3 rings (SSSR count). The molecule has 0 saturated carbocycles. The topological polar surface area (TPSA) is 84.0 Å². The molecule has 0 amide bonds. The van der Waals surface area contributed by atoms with Crippen molar-refractivity contribution in [2.45, 2.75) is 18.9 Å². The molecule has 0 bridgehead atoms. The van der Waals surface area contributed by atoms with Gasteiger partial charge in [-0.05, 0) is 34.8 Å². The lowest BCUT2D eigenvalue weighted by Crippen LogP contribution is -2.40. The Bertz CT molecular complexity index is 529. The van der Waals surface area contributed by atoms with Crippen LogP contribution in [0.5, 0.6) is 0 Å². The first-order valence-electron chi connectivity index (χ1n) is 5.90. The maximum absolute atomic E-state index is 5.88. The summed E-state index contributed by atoms with van der Waals surface area (Å²) in [7, 11) is 0. The van der Waals surface area contributed by atoms with Crippen LogP contribution in [0.15, 0.2) is 21.4 Å². The molecule has 3 N–H and O–H groups in total. The molecule has 6 nitrogen and oxygen atoms in total. The summed E-state index contributed by atoms with van der Waals surface area (Å²) in [5.74, 6) is 1.44. The zero-order chi connectivity index (χ0) is 12.5. The number of nitrogens with one attached hydrogen (secondary N) is 1. The third-order valence-electron chi connectivity index (χ3n) is 3.17. The molecule has 0 spiro atoms. The minimum atomic E-state index is 0.308. The molecule has 0 aromatic carbocycles. The molecule has 0 radical (unpaired) electrons. The fourth-order valence-electron chi connectivity index (χ4n) is 2.08. The molecule has 0 aliphatic carbocycles. The molecule has 3 heterocycles. The Balaban J connectivity index is 1.80. The minimum absolute atomic E-state index is 0.308. The van der Waals surface area contributed by atoms with Crippen molar-refractivity contribution >= 4 is 21.9 Å². The van der Waals surface area contributed by atoms with E-state index in [-0.39, 0.29) is 0 Å². The van der Waals surface area contributed by atoms with Crippen LogP contribution in [0.25, 0.3) is 11.4 Å². The van der Waals surface area contributed by atoms with Gasteiger partial charge in [-0.15, -0.1) is 5.10 Å². The quantitative estimate of drug-likeness (QED) is 0.882. The van der Waals surface area contributed by atoms with Crippen LogP contribution >= 0.6 is 15.9 Å². The number of H-pyrrole nitrogens is 1. The maximum Gasteiger partial charge on any atom is 0.245 e. The van der Waals surface area contributed by atoms with Crippen LogP contribution in [-0.2, 0) is 0 Å². The molecule has 0 atom stereocenters. The number of piperidine rings is 1. The predicted molar refractivity (Wildman–Crippen MR) is 71.2 cm³/mol. The van der Waals surface area contributed by atoms with Gasteiger partial charge < -0.3 is 15.1 Å². The summed E-state index contributed by atoms with van der Waals surface area (Å²) in [6, 6.07) is 2.16. The van der Waals surface area contributed by atoms with Gasteiger partial charge in [0.2, 0.25) is 5.95 Å². The number of aromatic amines is 1. The number of halogens is 1.